The molecule has 0 aromatic carbocycles. The van der Waals surface area contributed by atoms with Crippen molar-refractivity contribution < 1.29 is 9.53 Å². The number of aromatic nitrogens is 2. The van der Waals surface area contributed by atoms with Crippen LogP contribution in [0.1, 0.15) is 23.0 Å². The van der Waals surface area contributed by atoms with Crippen LogP contribution in [0.4, 0.5) is 0 Å². The Morgan fingerprint density at radius 2 is 2.29 bits per heavy atom. The first-order valence-corrected chi connectivity index (χ1v) is 6.43. The van der Waals surface area contributed by atoms with Crippen molar-refractivity contribution in [1.29, 1.82) is 0 Å². The molecular weight excluding hydrogens is 263 g/mol. The molecule has 0 atom stereocenters. The number of imidazole rings is 1. The van der Waals surface area contributed by atoms with Crippen molar-refractivity contribution in [2.45, 2.75) is 6.92 Å². The fraction of sp³-hybridized carbons (Fsp3) is 0.125. The number of rotatable bonds is 4. The second-order valence-electron chi connectivity index (χ2n) is 4.36. The van der Waals surface area contributed by atoms with Crippen LogP contribution in [0.2, 0.25) is 0 Å². The van der Waals surface area contributed by atoms with Gasteiger partial charge in [-0.1, -0.05) is 30.3 Å². The Balaban J connectivity index is 2.54. The van der Waals surface area contributed by atoms with Gasteiger partial charge in [0.1, 0.15) is 13.5 Å². The molecule has 2 aromatic rings. The second kappa shape index (κ2) is 6.26. The Kier molecular flexibility index (Phi) is 4.43. The average molecular weight is 278 g/mol. The number of esters is 1. The maximum Gasteiger partial charge on any atom is 0.338 e. The van der Waals surface area contributed by atoms with Crippen molar-refractivity contribution in [1.82, 2.24) is 9.38 Å². The van der Waals surface area contributed by atoms with E-state index in [0.717, 1.165) is 5.57 Å². The zero-order chi connectivity index (χ0) is 15.4. The molecule has 4 nitrogen and oxygen atoms in total. The zero-order valence-electron chi connectivity index (χ0n) is 12.0. The maximum absolute atomic E-state index is 11.5. The van der Waals surface area contributed by atoms with Gasteiger partial charge in [0.2, 0.25) is 0 Å². The van der Waals surface area contributed by atoms with Crippen LogP contribution in [0.25, 0.3) is 11.2 Å². The average Bonchev–Trinajstić information content (AvgIpc) is 2.93. The topological polar surface area (TPSA) is 43.6 Å². The molecule has 2 rings (SSSR count). The molecule has 2 aromatic heterocycles. The summed E-state index contributed by atoms with van der Waals surface area (Å²) in [5.74, 6) is -0.392. The van der Waals surface area contributed by atoms with E-state index in [9.17, 15) is 4.79 Å². The van der Waals surface area contributed by atoms with E-state index in [0.29, 0.717) is 22.4 Å². The lowest BCUT2D eigenvalue weighted by Crippen LogP contribution is -2.01. The molecule has 0 spiro atoms. The third-order valence-electron chi connectivity index (χ3n) is 3.06. The van der Waals surface area contributed by atoms with E-state index >= 15 is 0 Å². The summed E-state index contributed by atoms with van der Waals surface area (Å²) < 4.78 is 6.52. The minimum absolute atomic E-state index is 0.392. The molecule has 0 aliphatic carbocycles. The highest BCUT2D eigenvalue weighted by Gasteiger charge is 2.11. The van der Waals surface area contributed by atoms with Gasteiger partial charge in [-0.25, -0.2) is 9.78 Å². The highest BCUT2D eigenvalue weighted by molar-refractivity contribution is 6.30. The number of carbonyl (C=O) groups is 1. The van der Waals surface area contributed by atoms with E-state index in [-0.39, 0.29) is 0 Å². The number of ether oxygens (including phenoxy) is 1. The van der Waals surface area contributed by atoms with E-state index in [1.807, 2.05) is 17.5 Å². The largest absolute Gasteiger partial charge is 0.465 e. The summed E-state index contributed by atoms with van der Waals surface area (Å²) in [4.78, 5) is 16.0. The molecule has 104 valence electrons. The predicted molar refractivity (Wildman–Crippen MR) is 84.2 cm³/mol. The Labute approximate surface area is 124 Å². The van der Waals surface area contributed by atoms with Gasteiger partial charge in [0.25, 0.3) is 0 Å². The monoisotopic (exact) mass is 278 g/mol. The fourth-order valence-corrected chi connectivity index (χ4v) is 1.96. The van der Waals surface area contributed by atoms with Crippen molar-refractivity contribution in [3.8, 4) is 0 Å². The zero-order valence-corrected chi connectivity index (χ0v) is 12.0. The molecule has 2 heterocycles. The Hall–Kier alpha value is -2.56. The number of pyridine rings is 1. The Morgan fingerprint density at radius 3 is 2.90 bits per heavy atom. The number of nitrogens with zero attached hydrogens (tertiary/aromatic N) is 2. The van der Waals surface area contributed by atoms with Crippen molar-refractivity contribution in [2.75, 3.05) is 7.11 Å². The fourth-order valence-electron chi connectivity index (χ4n) is 1.96. The van der Waals surface area contributed by atoms with Crippen LogP contribution in [-0.4, -0.2) is 30.3 Å². The number of hydrogen-bond donors (Lipinski definition) is 0. The molecule has 2 radical (unpaired) electrons. The SMILES string of the molecule is [B]C(=C/C)/C(=C\C=C)c1cn2ccc(C(=O)OC)cc2n1. The van der Waals surface area contributed by atoms with Crippen LogP contribution in [0, 0.1) is 0 Å². The number of allylic oxidation sites excluding steroid dienone is 5. The van der Waals surface area contributed by atoms with E-state index in [4.69, 9.17) is 12.6 Å². The van der Waals surface area contributed by atoms with Crippen LogP contribution in [-0.2, 0) is 4.74 Å². The lowest BCUT2D eigenvalue weighted by atomic mass is 9.86. The molecule has 0 fully saturated rings. The van der Waals surface area contributed by atoms with Crippen molar-refractivity contribution in [2.24, 2.45) is 0 Å². The molecule has 0 bridgehead atoms. The van der Waals surface area contributed by atoms with Crippen LogP contribution in [0.3, 0.4) is 0 Å². The van der Waals surface area contributed by atoms with Gasteiger partial charge < -0.3 is 9.14 Å². The Bertz CT molecular complexity index is 757. The second-order valence-corrected chi connectivity index (χ2v) is 4.36. The summed E-state index contributed by atoms with van der Waals surface area (Å²) in [6.45, 7) is 5.55. The van der Waals surface area contributed by atoms with Crippen LogP contribution in [0.5, 0.6) is 0 Å². The van der Waals surface area contributed by atoms with Gasteiger partial charge in [0, 0.05) is 12.4 Å². The molecular formula is C16H15BN2O2. The van der Waals surface area contributed by atoms with Crippen molar-refractivity contribution in [3.05, 3.63) is 66.1 Å². The van der Waals surface area contributed by atoms with E-state index in [2.05, 4.69) is 11.6 Å². The lowest BCUT2D eigenvalue weighted by molar-refractivity contribution is 0.0600. The summed E-state index contributed by atoms with van der Waals surface area (Å²) >= 11 is 0. The third kappa shape index (κ3) is 2.97. The quantitative estimate of drug-likeness (QED) is 0.490. The molecule has 0 unspecified atom stereocenters. The maximum atomic E-state index is 11.5. The number of hydrogen-bond acceptors (Lipinski definition) is 3. The van der Waals surface area contributed by atoms with E-state index in [1.54, 1.807) is 36.6 Å². The minimum atomic E-state index is -0.392. The van der Waals surface area contributed by atoms with Crippen molar-refractivity contribution >= 4 is 25.0 Å². The third-order valence-corrected chi connectivity index (χ3v) is 3.06. The molecule has 21 heavy (non-hydrogen) atoms. The van der Waals surface area contributed by atoms with Crippen LogP contribution in [0.15, 0.2) is 54.8 Å². The first kappa shape index (κ1) is 14.8. The highest BCUT2D eigenvalue weighted by Crippen LogP contribution is 2.21. The van der Waals surface area contributed by atoms with Gasteiger partial charge in [-0.3, -0.25) is 0 Å². The van der Waals surface area contributed by atoms with Crippen LogP contribution < -0.4 is 0 Å². The summed E-state index contributed by atoms with van der Waals surface area (Å²) in [5, 5.41) is 0. The van der Waals surface area contributed by atoms with Gasteiger partial charge in [0.05, 0.1) is 18.4 Å². The summed E-state index contributed by atoms with van der Waals surface area (Å²) in [5.41, 5.74) is 3.22. The Morgan fingerprint density at radius 1 is 1.52 bits per heavy atom. The summed E-state index contributed by atoms with van der Waals surface area (Å²) in [6, 6.07) is 3.35. The smallest absolute Gasteiger partial charge is 0.338 e. The first-order chi connectivity index (χ1) is 10.1. The molecule has 5 heteroatoms. The molecule has 0 aliphatic heterocycles. The number of methoxy groups -OCH3 is 1. The standard InChI is InChI=1S/C16H15BN2O2/c1-4-6-12(13(17)5-2)14-10-19-8-7-11(16(20)21-3)9-15(19)18-14/h4-10H,1H2,2-3H3/b12-6+,13-5+. The lowest BCUT2D eigenvalue weighted by Gasteiger charge is -2.03. The molecule has 0 amide bonds. The van der Waals surface area contributed by atoms with Crippen molar-refractivity contribution in [3.63, 3.8) is 0 Å². The van der Waals surface area contributed by atoms with Gasteiger partial charge in [-0.15, -0.1) is 0 Å². The van der Waals surface area contributed by atoms with E-state index < -0.39 is 5.97 Å². The molecule has 0 N–H and O–H groups in total. The number of carbonyl (C=O) groups excluding carboxylic acids is 1. The minimum Gasteiger partial charge on any atom is -0.465 e. The molecule has 0 saturated heterocycles. The summed E-state index contributed by atoms with van der Waals surface area (Å²) in [7, 11) is 7.33. The van der Waals surface area contributed by atoms with Gasteiger partial charge in [-0.05, 0) is 24.6 Å². The molecule has 0 aliphatic rings. The number of fused-ring (bicyclic) bond motifs is 1. The summed E-state index contributed by atoms with van der Waals surface area (Å²) in [6.07, 6.45) is 8.88. The predicted octanol–water partition coefficient (Wildman–Crippen LogP) is 2.76. The normalized spacial score (nSPS) is 12.5. The van der Waals surface area contributed by atoms with Gasteiger partial charge >= 0.3 is 5.97 Å². The van der Waals surface area contributed by atoms with Crippen LogP contribution >= 0.6 is 0 Å². The highest BCUT2D eigenvalue weighted by atomic mass is 16.5. The van der Waals surface area contributed by atoms with Gasteiger partial charge in [-0.2, -0.15) is 0 Å². The first-order valence-electron chi connectivity index (χ1n) is 6.43. The molecule has 0 saturated carbocycles. The van der Waals surface area contributed by atoms with E-state index in [1.165, 1.54) is 7.11 Å². The van der Waals surface area contributed by atoms with Gasteiger partial charge in [0.15, 0.2) is 0 Å².